The lowest BCUT2D eigenvalue weighted by Gasteiger charge is -2.29. The van der Waals surface area contributed by atoms with E-state index >= 15 is 0 Å². The lowest BCUT2D eigenvalue weighted by molar-refractivity contribution is -0.139. The molecule has 0 spiro atoms. The molecule has 1 aliphatic heterocycles. The molecule has 0 aromatic heterocycles. The number of rotatable bonds is 5. The number of carbonyl (C=O) groups excluding carboxylic acids is 3. The molecule has 7 nitrogen and oxygen atoms in total. The highest BCUT2D eigenvalue weighted by Crippen LogP contribution is 2.20. The summed E-state index contributed by atoms with van der Waals surface area (Å²) in [5.74, 6) is -0.573. The molecule has 0 aromatic carbocycles. The number of nitrogens with one attached hydrogen (secondary N) is 1. The zero-order valence-electron chi connectivity index (χ0n) is 14.7. The summed E-state index contributed by atoms with van der Waals surface area (Å²) in [6, 6.07) is -1.30. The van der Waals surface area contributed by atoms with Crippen molar-refractivity contribution in [3.8, 4) is 0 Å². The minimum Gasteiger partial charge on any atom is -0.444 e. The molecular formula is C16H29N3O4. The fourth-order valence-corrected chi connectivity index (χ4v) is 2.67. The first-order valence-corrected chi connectivity index (χ1v) is 8.10. The predicted octanol–water partition coefficient (Wildman–Crippen LogP) is 1.40. The van der Waals surface area contributed by atoms with Gasteiger partial charge in [0, 0.05) is 6.54 Å². The van der Waals surface area contributed by atoms with E-state index in [1.165, 1.54) is 4.90 Å². The molecule has 1 heterocycles. The highest BCUT2D eigenvalue weighted by Gasteiger charge is 2.37. The molecule has 0 bridgehead atoms. The lowest BCUT2D eigenvalue weighted by atomic mass is 10.0. The van der Waals surface area contributed by atoms with Gasteiger partial charge in [0.05, 0.1) is 0 Å². The molecule has 1 aliphatic rings. The van der Waals surface area contributed by atoms with Gasteiger partial charge < -0.3 is 20.7 Å². The summed E-state index contributed by atoms with van der Waals surface area (Å²) in [7, 11) is 0. The van der Waals surface area contributed by atoms with E-state index in [2.05, 4.69) is 5.32 Å². The third-order valence-electron chi connectivity index (χ3n) is 3.56. The van der Waals surface area contributed by atoms with Crippen molar-refractivity contribution in [2.24, 2.45) is 11.7 Å². The normalized spacial score (nSPS) is 19.6. The second-order valence-electron chi connectivity index (χ2n) is 7.42. The Morgan fingerprint density at radius 2 is 1.91 bits per heavy atom. The van der Waals surface area contributed by atoms with Crippen LogP contribution in [0.15, 0.2) is 0 Å². The number of nitrogens with zero attached hydrogens (tertiary/aromatic N) is 1. The van der Waals surface area contributed by atoms with Crippen LogP contribution in [0, 0.1) is 5.92 Å². The first kappa shape index (κ1) is 19.3. The average molecular weight is 327 g/mol. The van der Waals surface area contributed by atoms with Crippen molar-refractivity contribution < 1.29 is 19.1 Å². The molecular weight excluding hydrogens is 298 g/mol. The van der Waals surface area contributed by atoms with Gasteiger partial charge in [-0.2, -0.15) is 0 Å². The molecule has 2 atom stereocenters. The monoisotopic (exact) mass is 327 g/mol. The van der Waals surface area contributed by atoms with Gasteiger partial charge in [-0.1, -0.05) is 13.8 Å². The second kappa shape index (κ2) is 7.66. The molecule has 0 radical (unpaired) electrons. The van der Waals surface area contributed by atoms with Crippen LogP contribution in [0.2, 0.25) is 0 Å². The van der Waals surface area contributed by atoms with Gasteiger partial charge in [-0.15, -0.1) is 0 Å². The summed E-state index contributed by atoms with van der Waals surface area (Å²) in [5, 5.41) is 2.64. The molecule has 0 saturated carbocycles. The molecule has 7 heteroatoms. The number of likely N-dealkylation sites (tertiary alicyclic amines) is 1. The first-order chi connectivity index (χ1) is 10.5. The fourth-order valence-electron chi connectivity index (χ4n) is 2.67. The molecule has 3 N–H and O–H groups in total. The van der Waals surface area contributed by atoms with Gasteiger partial charge in [0.25, 0.3) is 0 Å². The molecule has 3 amide bonds. The summed E-state index contributed by atoms with van der Waals surface area (Å²) < 4.78 is 5.22. The summed E-state index contributed by atoms with van der Waals surface area (Å²) in [6.07, 6.45) is 1.15. The number of hydrogen-bond acceptors (Lipinski definition) is 4. The van der Waals surface area contributed by atoms with E-state index in [4.69, 9.17) is 10.5 Å². The number of carbonyl (C=O) groups is 3. The van der Waals surface area contributed by atoms with Gasteiger partial charge >= 0.3 is 6.09 Å². The summed E-state index contributed by atoms with van der Waals surface area (Å²) in [5.41, 5.74) is 4.73. The summed E-state index contributed by atoms with van der Waals surface area (Å²) >= 11 is 0. The average Bonchev–Trinajstić information content (AvgIpc) is 2.83. The molecule has 132 valence electrons. The topological polar surface area (TPSA) is 102 Å². The zero-order chi connectivity index (χ0) is 17.8. The van der Waals surface area contributed by atoms with Crippen LogP contribution in [-0.4, -0.2) is 47.0 Å². The molecule has 23 heavy (non-hydrogen) atoms. The maximum Gasteiger partial charge on any atom is 0.408 e. The maximum atomic E-state index is 12.7. The highest BCUT2D eigenvalue weighted by molar-refractivity contribution is 5.91. The number of alkyl carbamates (subject to hydrolysis) is 1. The van der Waals surface area contributed by atoms with Crippen LogP contribution >= 0.6 is 0 Å². The van der Waals surface area contributed by atoms with Crippen molar-refractivity contribution >= 4 is 17.9 Å². The number of primary amides is 1. The van der Waals surface area contributed by atoms with Crippen LogP contribution in [0.25, 0.3) is 0 Å². The minimum absolute atomic E-state index is 0.202. The van der Waals surface area contributed by atoms with Crippen LogP contribution in [0.1, 0.15) is 53.9 Å². The Hall–Kier alpha value is -1.79. The Bertz CT molecular complexity index is 457. The molecule has 0 aliphatic carbocycles. The van der Waals surface area contributed by atoms with Crippen molar-refractivity contribution in [3.63, 3.8) is 0 Å². The van der Waals surface area contributed by atoms with E-state index in [0.717, 1.165) is 6.42 Å². The van der Waals surface area contributed by atoms with Gasteiger partial charge in [0.2, 0.25) is 11.8 Å². The van der Waals surface area contributed by atoms with Gasteiger partial charge in [-0.05, 0) is 46.0 Å². The van der Waals surface area contributed by atoms with Gasteiger partial charge in [-0.25, -0.2) is 4.79 Å². The van der Waals surface area contributed by atoms with Crippen molar-refractivity contribution in [2.75, 3.05) is 6.54 Å². The van der Waals surface area contributed by atoms with Crippen molar-refractivity contribution in [3.05, 3.63) is 0 Å². The Balaban J connectivity index is 2.82. The highest BCUT2D eigenvalue weighted by atomic mass is 16.6. The standard InChI is InChI=1S/C16H29N3O4/c1-10(2)9-11(18-15(22)23-16(3,4)5)14(21)19-8-6-7-12(19)13(17)20/h10-12H,6-9H2,1-5H3,(H2,17,20)(H,18,22)/t11-,12+/m1/s1. The molecule has 1 rings (SSSR count). The third-order valence-corrected chi connectivity index (χ3v) is 3.56. The van der Waals surface area contributed by atoms with E-state index in [1.54, 1.807) is 20.8 Å². The lowest BCUT2D eigenvalue weighted by Crippen LogP contribution is -2.53. The number of hydrogen-bond donors (Lipinski definition) is 2. The van der Waals surface area contributed by atoms with Crippen LogP contribution in [0.4, 0.5) is 4.79 Å². The number of amides is 3. The maximum absolute atomic E-state index is 12.7. The first-order valence-electron chi connectivity index (χ1n) is 8.10. The van der Waals surface area contributed by atoms with Crippen molar-refractivity contribution in [1.82, 2.24) is 10.2 Å². The van der Waals surface area contributed by atoms with Gasteiger partial charge in [0.15, 0.2) is 0 Å². The summed E-state index contributed by atoms with van der Waals surface area (Å²) in [4.78, 5) is 37.7. The molecule has 0 unspecified atom stereocenters. The van der Waals surface area contributed by atoms with Crippen molar-refractivity contribution in [1.29, 1.82) is 0 Å². The Labute approximate surface area is 137 Å². The third kappa shape index (κ3) is 6.08. The fraction of sp³-hybridized carbons (Fsp3) is 0.812. The second-order valence-corrected chi connectivity index (χ2v) is 7.42. The number of nitrogens with two attached hydrogens (primary N) is 1. The van der Waals surface area contributed by atoms with E-state index in [9.17, 15) is 14.4 Å². The zero-order valence-corrected chi connectivity index (χ0v) is 14.7. The molecule has 1 saturated heterocycles. The van der Waals surface area contributed by atoms with Gasteiger partial charge in [-0.3, -0.25) is 9.59 Å². The van der Waals surface area contributed by atoms with Crippen LogP contribution in [0.5, 0.6) is 0 Å². The van der Waals surface area contributed by atoms with Crippen molar-refractivity contribution in [2.45, 2.75) is 71.6 Å². The smallest absolute Gasteiger partial charge is 0.408 e. The Kier molecular flexibility index (Phi) is 6.41. The Morgan fingerprint density at radius 3 is 2.39 bits per heavy atom. The summed E-state index contributed by atoms with van der Waals surface area (Å²) in [6.45, 7) is 9.69. The van der Waals surface area contributed by atoms with Crippen LogP contribution in [0.3, 0.4) is 0 Å². The SMILES string of the molecule is CC(C)C[C@@H](NC(=O)OC(C)(C)C)C(=O)N1CCC[C@H]1C(N)=O. The minimum atomic E-state index is -0.718. The largest absolute Gasteiger partial charge is 0.444 e. The number of ether oxygens (including phenoxy) is 1. The quantitative estimate of drug-likeness (QED) is 0.797. The van der Waals surface area contributed by atoms with E-state index < -0.39 is 29.7 Å². The molecule has 0 aromatic rings. The molecule has 1 fully saturated rings. The Morgan fingerprint density at radius 1 is 1.30 bits per heavy atom. The van der Waals surface area contributed by atoms with E-state index in [0.29, 0.717) is 19.4 Å². The van der Waals surface area contributed by atoms with Crippen LogP contribution < -0.4 is 11.1 Å². The van der Waals surface area contributed by atoms with Gasteiger partial charge in [0.1, 0.15) is 17.7 Å². The van der Waals surface area contributed by atoms with E-state index in [1.807, 2.05) is 13.8 Å². The van der Waals surface area contributed by atoms with Crippen LogP contribution in [-0.2, 0) is 14.3 Å². The van der Waals surface area contributed by atoms with E-state index in [-0.39, 0.29) is 11.8 Å². The predicted molar refractivity (Wildman–Crippen MR) is 86.5 cm³/mol.